The summed E-state index contributed by atoms with van der Waals surface area (Å²) in [4.78, 5) is 25.3. The molecule has 0 aromatic carbocycles. The number of hydrogen-bond acceptors (Lipinski definition) is 3. The van der Waals surface area contributed by atoms with E-state index in [1.807, 2.05) is 24.8 Å². The highest BCUT2D eigenvalue weighted by atomic mass is 16.5. The third-order valence-electron chi connectivity index (χ3n) is 3.15. The third kappa shape index (κ3) is 4.93. The Balaban J connectivity index is 2.52. The van der Waals surface area contributed by atoms with Crippen LogP contribution in [0.15, 0.2) is 11.6 Å². The summed E-state index contributed by atoms with van der Waals surface area (Å²) < 4.78 is 4.86. The van der Waals surface area contributed by atoms with Crippen LogP contribution in [0.3, 0.4) is 0 Å². The Hall–Kier alpha value is -1.52. The number of likely N-dealkylation sites (tertiary alicyclic amines) is 1. The molecule has 19 heavy (non-hydrogen) atoms. The van der Waals surface area contributed by atoms with Crippen molar-refractivity contribution >= 4 is 12.0 Å². The van der Waals surface area contributed by atoms with Crippen LogP contribution in [-0.4, -0.2) is 42.6 Å². The molecular formula is C14H24N2O3. The smallest absolute Gasteiger partial charge is 0.407 e. The van der Waals surface area contributed by atoms with Crippen LogP contribution in [0.1, 0.15) is 40.0 Å². The lowest BCUT2D eigenvalue weighted by molar-refractivity contribution is -0.128. The van der Waals surface area contributed by atoms with Gasteiger partial charge in [-0.1, -0.05) is 13.0 Å². The molecule has 0 radical (unpaired) electrons. The van der Waals surface area contributed by atoms with Gasteiger partial charge in [-0.05, 0) is 33.1 Å². The molecule has 1 N–H and O–H groups in total. The predicted octanol–water partition coefficient (Wildman–Crippen LogP) is 2.08. The lowest BCUT2D eigenvalue weighted by atomic mass is 10.0. The van der Waals surface area contributed by atoms with Crippen LogP contribution in [0, 0.1) is 0 Å². The Morgan fingerprint density at radius 1 is 1.42 bits per heavy atom. The number of carbonyl (C=O) groups excluding carboxylic acids is 2. The zero-order valence-corrected chi connectivity index (χ0v) is 12.1. The maximum atomic E-state index is 12.2. The molecule has 0 spiro atoms. The van der Waals surface area contributed by atoms with Gasteiger partial charge in [-0.2, -0.15) is 0 Å². The quantitative estimate of drug-likeness (QED) is 0.794. The Morgan fingerprint density at radius 2 is 2.16 bits per heavy atom. The molecule has 1 aliphatic rings. The molecule has 1 aliphatic heterocycles. The maximum Gasteiger partial charge on any atom is 0.407 e. The van der Waals surface area contributed by atoms with Crippen LogP contribution in [0.5, 0.6) is 0 Å². The van der Waals surface area contributed by atoms with Crippen molar-refractivity contribution in [3.63, 3.8) is 0 Å². The Labute approximate surface area is 115 Å². The number of hydrogen-bond donors (Lipinski definition) is 1. The van der Waals surface area contributed by atoms with Crippen molar-refractivity contribution in [3.05, 3.63) is 11.6 Å². The van der Waals surface area contributed by atoms with Crippen LogP contribution >= 0.6 is 0 Å². The molecule has 1 fully saturated rings. The first-order valence-electron chi connectivity index (χ1n) is 6.97. The number of amides is 2. The number of piperidine rings is 1. The number of nitrogens with zero attached hydrogens (tertiary/aromatic N) is 1. The Kier molecular flexibility index (Phi) is 6.39. The minimum atomic E-state index is -0.400. The van der Waals surface area contributed by atoms with E-state index < -0.39 is 6.09 Å². The highest BCUT2D eigenvalue weighted by molar-refractivity contribution is 5.92. The molecule has 1 heterocycles. The van der Waals surface area contributed by atoms with E-state index in [4.69, 9.17) is 4.74 Å². The molecule has 0 aromatic heterocycles. The maximum absolute atomic E-state index is 12.2. The SMILES string of the molecule is CC/C=C(\C)C(=O)N1CCC[C@H](NC(=O)OCC)C1. The minimum absolute atomic E-state index is 0.00817. The molecule has 5 nitrogen and oxygen atoms in total. The summed E-state index contributed by atoms with van der Waals surface area (Å²) in [5.41, 5.74) is 0.777. The number of allylic oxidation sites excluding steroid dienone is 1. The van der Waals surface area contributed by atoms with Crippen molar-refractivity contribution in [2.45, 2.75) is 46.1 Å². The van der Waals surface area contributed by atoms with E-state index in [1.54, 1.807) is 6.92 Å². The largest absolute Gasteiger partial charge is 0.450 e. The zero-order chi connectivity index (χ0) is 14.3. The average molecular weight is 268 g/mol. The second kappa shape index (κ2) is 7.81. The minimum Gasteiger partial charge on any atom is -0.450 e. The molecule has 1 rings (SSSR count). The van der Waals surface area contributed by atoms with Gasteiger partial charge >= 0.3 is 6.09 Å². The van der Waals surface area contributed by atoms with Gasteiger partial charge in [0.1, 0.15) is 0 Å². The van der Waals surface area contributed by atoms with E-state index in [2.05, 4.69) is 5.32 Å². The summed E-state index contributed by atoms with van der Waals surface area (Å²) >= 11 is 0. The van der Waals surface area contributed by atoms with Crippen LogP contribution in [0.2, 0.25) is 0 Å². The monoisotopic (exact) mass is 268 g/mol. The van der Waals surface area contributed by atoms with Crippen molar-refractivity contribution < 1.29 is 14.3 Å². The second-order valence-electron chi connectivity index (χ2n) is 4.75. The number of alkyl carbamates (subject to hydrolysis) is 1. The molecule has 0 unspecified atom stereocenters. The molecule has 1 atom stereocenters. The first-order chi connectivity index (χ1) is 9.08. The molecule has 0 aromatic rings. The Morgan fingerprint density at radius 3 is 2.79 bits per heavy atom. The molecule has 2 amide bonds. The Bertz CT molecular complexity index is 353. The van der Waals surface area contributed by atoms with Gasteiger partial charge in [0.25, 0.3) is 0 Å². The van der Waals surface area contributed by atoms with Crippen LogP contribution in [0.4, 0.5) is 4.79 Å². The van der Waals surface area contributed by atoms with E-state index >= 15 is 0 Å². The van der Waals surface area contributed by atoms with Gasteiger partial charge in [0.15, 0.2) is 0 Å². The second-order valence-corrected chi connectivity index (χ2v) is 4.75. The van der Waals surface area contributed by atoms with Gasteiger partial charge in [-0.3, -0.25) is 4.79 Å². The van der Waals surface area contributed by atoms with Crippen molar-refractivity contribution in [3.8, 4) is 0 Å². The summed E-state index contributed by atoms with van der Waals surface area (Å²) in [6.07, 6.45) is 4.18. The van der Waals surface area contributed by atoms with Gasteiger partial charge in [0.2, 0.25) is 5.91 Å². The van der Waals surface area contributed by atoms with E-state index in [0.29, 0.717) is 13.2 Å². The molecule has 1 saturated heterocycles. The van der Waals surface area contributed by atoms with Gasteiger partial charge in [0, 0.05) is 24.7 Å². The van der Waals surface area contributed by atoms with E-state index in [1.165, 1.54) is 0 Å². The average Bonchev–Trinajstić information content (AvgIpc) is 2.38. The van der Waals surface area contributed by atoms with E-state index in [9.17, 15) is 9.59 Å². The van der Waals surface area contributed by atoms with Gasteiger partial charge < -0.3 is 15.0 Å². The van der Waals surface area contributed by atoms with E-state index in [-0.39, 0.29) is 11.9 Å². The van der Waals surface area contributed by atoms with Crippen molar-refractivity contribution in [1.82, 2.24) is 10.2 Å². The first-order valence-corrected chi connectivity index (χ1v) is 6.97. The summed E-state index contributed by atoms with van der Waals surface area (Å²) in [5.74, 6) is 0.0669. The van der Waals surface area contributed by atoms with Crippen LogP contribution in [0.25, 0.3) is 0 Å². The molecule has 108 valence electrons. The molecule has 0 bridgehead atoms. The topological polar surface area (TPSA) is 58.6 Å². The highest BCUT2D eigenvalue weighted by Crippen LogP contribution is 2.13. The normalized spacial score (nSPS) is 20.1. The molecule has 0 aliphatic carbocycles. The molecular weight excluding hydrogens is 244 g/mol. The van der Waals surface area contributed by atoms with Gasteiger partial charge in [-0.25, -0.2) is 4.79 Å². The summed E-state index contributed by atoms with van der Waals surface area (Å²) in [6, 6.07) is -0.00817. The zero-order valence-electron chi connectivity index (χ0n) is 12.1. The summed E-state index contributed by atoms with van der Waals surface area (Å²) in [5, 5.41) is 2.80. The van der Waals surface area contributed by atoms with Crippen molar-refractivity contribution in [2.24, 2.45) is 0 Å². The summed E-state index contributed by atoms with van der Waals surface area (Å²) in [6.45, 7) is 7.31. The van der Waals surface area contributed by atoms with Crippen LogP contribution < -0.4 is 5.32 Å². The third-order valence-corrected chi connectivity index (χ3v) is 3.15. The fourth-order valence-electron chi connectivity index (χ4n) is 2.26. The molecule has 0 saturated carbocycles. The van der Waals surface area contributed by atoms with Gasteiger partial charge in [-0.15, -0.1) is 0 Å². The summed E-state index contributed by atoms with van der Waals surface area (Å²) in [7, 11) is 0. The fourth-order valence-corrected chi connectivity index (χ4v) is 2.26. The number of carbonyl (C=O) groups is 2. The molecule has 5 heteroatoms. The fraction of sp³-hybridized carbons (Fsp3) is 0.714. The van der Waals surface area contributed by atoms with Crippen LogP contribution in [-0.2, 0) is 9.53 Å². The lowest BCUT2D eigenvalue weighted by Gasteiger charge is -2.33. The van der Waals surface area contributed by atoms with E-state index in [0.717, 1.165) is 31.4 Å². The van der Waals surface area contributed by atoms with Crippen molar-refractivity contribution in [1.29, 1.82) is 0 Å². The predicted molar refractivity (Wildman–Crippen MR) is 73.8 cm³/mol. The number of nitrogens with one attached hydrogen (secondary N) is 1. The first kappa shape index (κ1) is 15.5. The van der Waals surface area contributed by atoms with Gasteiger partial charge in [0.05, 0.1) is 6.61 Å². The lowest BCUT2D eigenvalue weighted by Crippen LogP contribution is -2.49. The standard InChI is InChI=1S/C14H24N2O3/c1-4-7-11(3)13(17)16-9-6-8-12(10-16)15-14(18)19-5-2/h7,12H,4-6,8-10H2,1-3H3,(H,15,18)/b11-7+/t12-/m0/s1. The van der Waals surface area contributed by atoms with Crippen molar-refractivity contribution in [2.75, 3.05) is 19.7 Å². The highest BCUT2D eigenvalue weighted by Gasteiger charge is 2.25. The number of ether oxygens (including phenoxy) is 1. The number of rotatable bonds is 4.